The van der Waals surface area contributed by atoms with Gasteiger partial charge in [0.2, 0.25) is 5.91 Å². The van der Waals surface area contributed by atoms with Crippen molar-refractivity contribution in [3.05, 3.63) is 18.0 Å². The SMILES string of the molecule is Cc1nnc2ccc(N3CCN([C@H](C)C(=O)NC4CC4)CC3)nn12. The molecule has 2 fully saturated rings. The maximum atomic E-state index is 12.2. The average Bonchev–Trinajstić information content (AvgIpc) is 3.35. The van der Waals surface area contributed by atoms with E-state index in [1.807, 2.05) is 26.0 Å². The second-order valence-electron chi connectivity index (χ2n) is 6.69. The number of anilines is 1. The fraction of sp³-hybridized carbons (Fsp3) is 0.625. The summed E-state index contributed by atoms with van der Waals surface area (Å²) in [7, 11) is 0. The van der Waals surface area contributed by atoms with Crippen molar-refractivity contribution in [3.8, 4) is 0 Å². The van der Waals surface area contributed by atoms with E-state index in [2.05, 4.69) is 30.4 Å². The lowest BCUT2D eigenvalue weighted by molar-refractivity contribution is -0.126. The highest BCUT2D eigenvalue weighted by Gasteiger charge is 2.30. The highest BCUT2D eigenvalue weighted by Crippen LogP contribution is 2.20. The van der Waals surface area contributed by atoms with E-state index in [9.17, 15) is 4.79 Å². The van der Waals surface area contributed by atoms with Gasteiger partial charge in [0.05, 0.1) is 6.04 Å². The Morgan fingerprint density at radius 1 is 1.21 bits per heavy atom. The van der Waals surface area contributed by atoms with Crippen molar-refractivity contribution < 1.29 is 4.79 Å². The Labute approximate surface area is 140 Å². The summed E-state index contributed by atoms with van der Waals surface area (Å²) in [6.45, 7) is 7.34. The van der Waals surface area contributed by atoms with Gasteiger partial charge in [0, 0.05) is 32.2 Å². The lowest BCUT2D eigenvalue weighted by Gasteiger charge is -2.37. The first-order valence-electron chi connectivity index (χ1n) is 8.60. The lowest BCUT2D eigenvalue weighted by atomic mass is 10.2. The van der Waals surface area contributed by atoms with Crippen molar-refractivity contribution in [3.63, 3.8) is 0 Å². The number of hydrogen-bond donors (Lipinski definition) is 1. The Bertz CT molecular complexity index is 746. The number of nitrogens with zero attached hydrogens (tertiary/aromatic N) is 6. The molecule has 2 aromatic heterocycles. The van der Waals surface area contributed by atoms with E-state index in [0.717, 1.165) is 56.3 Å². The zero-order valence-electron chi connectivity index (χ0n) is 14.1. The molecule has 128 valence electrons. The van der Waals surface area contributed by atoms with Gasteiger partial charge in [0.25, 0.3) is 0 Å². The lowest BCUT2D eigenvalue weighted by Crippen LogP contribution is -2.54. The van der Waals surface area contributed by atoms with E-state index in [4.69, 9.17) is 0 Å². The van der Waals surface area contributed by atoms with Crippen LogP contribution in [0.4, 0.5) is 5.82 Å². The first-order valence-corrected chi connectivity index (χ1v) is 8.60. The van der Waals surface area contributed by atoms with Gasteiger partial charge in [0.15, 0.2) is 11.5 Å². The van der Waals surface area contributed by atoms with E-state index in [1.54, 1.807) is 4.52 Å². The summed E-state index contributed by atoms with van der Waals surface area (Å²) in [5, 5.41) is 15.8. The second-order valence-corrected chi connectivity index (χ2v) is 6.69. The third-order valence-electron chi connectivity index (χ3n) is 4.89. The molecule has 1 atom stereocenters. The number of carbonyl (C=O) groups excluding carboxylic acids is 1. The normalized spacial score (nSPS) is 20.3. The molecular formula is C16H23N7O. The quantitative estimate of drug-likeness (QED) is 0.865. The van der Waals surface area contributed by atoms with Gasteiger partial charge in [-0.2, -0.15) is 4.52 Å². The first-order chi connectivity index (χ1) is 11.6. The minimum absolute atomic E-state index is 0.0664. The fourth-order valence-corrected chi connectivity index (χ4v) is 3.11. The van der Waals surface area contributed by atoms with E-state index in [1.165, 1.54) is 0 Å². The molecule has 8 heteroatoms. The molecule has 0 unspecified atom stereocenters. The number of piperazine rings is 1. The van der Waals surface area contributed by atoms with Crippen LogP contribution in [0.2, 0.25) is 0 Å². The maximum Gasteiger partial charge on any atom is 0.237 e. The molecule has 4 rings (SSSR count). The summed E-state index contributed by atoms with van der Waals surface area (Å²) in [6, 6.07) is 4.29. The van der Waals surface area contributed by atoms with Gasteiger partial charge in [-0.3, -0.25) is 9.69 Å². The largest absolute Gasteiger partial charge is 0.353 e. The number of rotatable bonds is 4. The molecule has 0 aromatic carbocycles. The number of aromatic nitrogens is 4. The molecule has 1 saturated carbocycles. The van der Waals surface area contributed by atoms with Crippen LogP contribution in [-0.4, -0.2) is 68.9 Å². The van der Waals surface area contributed by atoms with Crippen molar-refractivity contribution in [2.45, 2.75) is 38.8 Å². The van der Waals surface area contributed by atoms with Crippen LogP contribution in [0.15, 0.2) is 12.1 Å². The molecule has 0 spiro atoms. The van der Waals surface area contributed by atoms with Gasteiger partial charge in [-0.1, -0.05) is 0 Å². The zero-order valence-corrected chi connectivity index (χ0v) is 14.1. The molecule has 8 nitrogen and oxygen atoms in total. The molecule has 0 bridgehead atoms. The number of amides is 1. The fourth-order valence-electron chi connectivity index (χ4n) is 3.11. The topological polar surface area (TPSA) is 78.7 Å². The minimum Gasteiger partial charge on any atom is -0.353 e. The number of hydrogen-bond acceptors (Lipinski definition) is 6. The molecule has 1 aliphatic carbocycles. The van der Waals surface area contributed by atoms with Gasteiger partial charge in [-0.15, -0.1) is 15.3 Å². The van der Waals surface area contributed by atoms with Gasteiger partial charge in [0.1, 0.15) is 5.82 Å². The third kappa shape index (κ3) is 2.93. The predicted octanol–water partition coefficient (Wildman–Crippen LogP) is 0.222. The summed E-state index contributed by atoms with van der Waals surface area (Å²) in [5.74, 6) is 1.88. The first kappa shape index (κ1) is 15.3. The number of nitrogens with one attached hydrogen (secondary N) is 1. The molecule has 1 N–H and O–H groups in total. The van der Waals surface area contributed by atoms with Gasteiger partial charge in [-0.05, 0) is 38.8 Å². The summed E-state index contributed by atoms with van der Waals surface area (Å²) >= 11 is 0. The molecule has 1 aliphatic heterocycles. The van der Waals surface area contributed by atoms with Crippen LogP contribution in [0.1, 0.15) is 25.6 Å². The van der Waals surface area contributed by atoms with Gasteiger partial charge >= 0.3 is 0 Å². The summed E-state index contributed by atoms with van der Waals surface area (Å²) in [5.41, 5.74) is 0.764. The van der Waals surface area contributed by atoms with Gasteiger partial charge in [-0.25, -0.2) is 0 Å². The molecule has 3 heterocycles. The van der Waals surface area contributed by atoms with Crippen molar-refractivity contribution in [1.29, 1.82) is 0 Å². The highest BCUT2D eigenvalue weighted by atomic mass is 16.2. The summed E-state index contributed by atoms with van der Waals surface area (Å²) in [6.07, 6.45) is 2.26. The molecule has 2 aliphatic rings. The van der Waals surface area contributed by atoms with Crippen LogP contribution in [0.3, 0.4) is 0 Å². The smallest absolute Gasteiger partial charge is 0.237 e. The van der Waals surface area contributed by atoms with E-state index in [-0.39, 0.29) is 11.9 Å². The van der Waals surface area contributed by atoms with Crippen LogP contribution in [0.25, 0.3) is 5.65 Å². The molecule has 24 heavy (non-hydrogen) atoms. The Hall–Kier alpha value is -2.22. The Morgan fingerprint density at radius 3 is 2.67 bits per heavy atom. The van der Waals surface area contributed by atoms with Crippen LogP contribution in [0.5, 0.6) is 0 Å². The highest BCUT2D eigenvalue weighted by molar-refractivity contribution is 5.81. The van der Waals surface area contributed by atoms with Crippen molar-refractivity contribution in [2.24, 2.45) is 0 Å². The van der Waals surface area contributed by atoms with Gasteiger partial charge < -0.3 is 10.2 Å². The second kappa shape index (κ2) is 6.01. The monoisotopic (exact) mass is 329 g/mol. The number of carbonyl (C=O) groups is 1. The average molecular weight is 329 g/mol. The minimum atomic E-state index is -0.0664. The molecule has 1 saturated heterocycles. The standard InChI is InChI=1S/C16H23N7O/c1-11(16(24)17-13-3-4-13)21-7-9-22(10-8-21)15-6-5-14-19-18-12(2)23(14)20-15/h5-6,11,13H,3-4,7-10H2,1-2H3,(H,17,24)/t11-/m1/s1. The third-order valence-corrected chi connectivity index (χ3v) is 4.89. The number of aryl methyl sites for hydroxylation is 1. The van der Waals surface area contributed by atoms with Crippen LogP contribution < -0.4 is 10.2 Å². The van der Waals surface area contributed by atoms with Crippen molar-refractivity contribution >= 4 is 17.4 Å². The Kier molecular flexibility index (Phi) is 3.84. The summed E-state index contributed by atoms with van der Waals surface area (Å²) in [4.78, 5) is 16.7. The van der Waals surface area contributed by atoms with E-state index < -0.39 is 0 Å². The van der Waals surface area contributed by atoms with Crippen LogP contribution in [-0.2, 0) is 4.79 Å². The van der Waals surface area contributed by atoms with Crippen LogP contribution >= 0.6 is 0 Å². The van der Waals surface area contributed by atoms with Crippen LogP contribution in [0, 0.1) is 6.92 Å². The Balaban J connectivity index is 1.39. The Morgan fingerprint density at radius 2 is 1.96 bits per heavy atom. The molecular weight excluding hydrogens is 306 g/mol. The number of fused-ring (bicyclic) bond motifs is 1. The van der Waals surface area contributed by atoms with Crippen molar-refractivity contribution in [2.75, 3.05) is 31.1 Å². The maximum absolute atomic E-state index is 12.2. The predicted molar refractivity (Wildman–Crippen MR) is 89.9 cm³/mol. The molecule has 0 radical (unpaired) electrons. The molecule has 2 aromatic rings. The summed E-state index contributed by atoms with van der Waals surface area (Å²) < 4.78 is 1.77. The van der Waals surface area contributed by atoms with Crippen molar-refractivity contribution in [1.82, 2.24) is 30.0 Å². The molecule has 1 amide bonds. The van der Waals surface area contributed by atoms with E-state index >= 15 is 0 Å². The van der Waals surface area contributed by atoms with E-state index in [0.29, 0.717) is 6.04 Å². The zero-order chi connectivity index (χ0) is 16.7.